The Balaban J connectivity index is 0.00000128. The summed E-state index contributed by atoms with van der Waals surface area (Å²) in [4.78, 5) is 11.9. The molecule has 0 amide bonds. The van der Waals surface area contributed by atoms with Crippen molar-refractivity contribution in [2.45, 2.75) is 22.6 Å². The van der Waals surface area contributed by atoms with Crippen LogP contribution >= 0.6 is 24.2 Å². The molecule has 1 aromatic carbocycles. The van der Waals surface area contributed by atoms with Crippen LogP contribution in [-0.4, -0.2) is 28.9 Å². The summed E-state index contributed by atoms with van der Waals surface area (Å²) in [7, 11) is 0. The first-order chi connectivity index (χ1) is 7.25. The summed E-state index contributed by atoms with van der Waals surface area (Å²) >= 11 is 1.75. The van der Waals surface area contributed by atoms with Crippen molar-refractivity contribution in [3.05, 3.63) is 30.3 Å². The Hall–Kier alpha value is -0.710. The fourth-order valence-corrected chi connectivity index (χ4v) is 2.84. The molecule has 0 saturated carbocycles. The molecule has 1 saturated heterocycles. The molecule has 0 unspecified atom stereocenters. The predicted molar refractivity (Wildman–Crippen MR) is 67.4 cm³/mol. The number of aliphatic carboxylic acids is 1. The molecule has 2 atom stereocenters. The number of carboxylic acids is 1. The van der Waals surface area contributed by atoms with Crippen molar-refractivity contribution in [3.63, 3.8) is 0 Å². The summed E-state index contributed by atoms with van der Waals surface area (Å²) in [6.45, 7) is 0.774. The molecule has 0 aliphatic carbocycles. The number of carboxylic acid groups (broad SMARTS) is 1. The largest absolute Gasteiger partial charge is 0.480 e. The third kappa shape index (κ3) is 3.40. The molecule has 16 heavy (non-hydrogen) atoms. The Labute approximate surface area is 105 Å². The number of thioether (sulfide) groups is 1. The first kappa shape index (κ1) is 13.4. The van der Waals surface area contributed by atoms with Gasteiger partial charge in [0.2, 0.25) is 0 Å². The molecule has 1 heterocycles. The Morgan fingerprint density at radius 2 is 2.06 bits per heavy atom. The minimum Gasteiger partial charge on any atom is -0.480 e. The molecule has 1 aromatic rings. The lowest BCUT2D eigenvalue weighted by molar-refractivity contribution is -0.139. The maximum atomic E-state index is 10.7. The number of hydrogen-bond acceptors (Lipinski definition) is 3. The highest BCUT2D eigenvalue weighted by molar-refractivity contribution is 8.00. The average molecular weight is 260 g/mol. The van der Waals surface area contributed by atoms with Crippen LogP contribution in [0.1, 0.15) is 6.42 Å². The van der Waals surface area contributed by atoms with Gasteiger partial charge in [0.05, 0.1) is 0 Å². The van der Waals surface area contributed by atoms with Gasteiger partial charge >= 0.3 is 5.97 Å². The molecule has 1 fully saturated rings. The van der Waals surface area contributed by atoms with Crippen LogP contribution in [-0.2, 0) is 4.79 Å². The van der Waals surface area contributed by atoms with Crippen molar-refractivity contribution >= 4 is 30.1 Å². The zero-order valence-electron chi connectivity index (χ0n) is 8.63. The molecule has 88 valence electrons. The van der Waals surface area contributed by atoms with Gasteiger partial charge in [-0.25, -0.2) is 0 Å². The summed E-state index contributed by atoms with van der Waals surface area (Å²) in [6.07, 6.45) is 0.703. The van der Waals surface area contributed by atoms with Crippen LogP contribution in [0.4, 0.5) is 0 Å². The van der Waals surface area contributed by atoms with E-state index < -0.39 is 5.97 Å². The van der Waals surface area contributed by atoms with Crippen LogP contribution in [0.25, 0.3) is 0 Å². The zero-order chi connectivity index (χ0) is 10.7. The van der Waals surface area contributed by atoms with Crippen LogP contribution in [0.15, 0.2) is 35.2 Å². The van der Waals surface area contributed by atoms with E-state index in [9.17, 15) is 4.79 Å². The number of carbonyl (C=O) groups is 1. The van der Waals surface area contributed by atoms with Crippen molar-refractivity contribution in [2.24, 2.45) is 0 Å². The van der Waals surface area contributed by atoms with Crippen LogP contribution in [0.3, 0.4) is 0 Å². The number of benzene rings is 1. The molecule has 5 heteroatoms. The lowest BCUT2D eigenvalue weighted by Gasteiger charge is -2.07. The van der Waals surface area contributed by atoms with E-state index in [-0.39, 0.29) is 18.4 Å². The van der Waals surface area contributed by atoms with Gasteiger partial charge in [0.15, 0.2) is 0 Å². The minimum absolute atomic E-state index is 0. The van der Waals surface area contributed by atoms with E-state index in [1.165, 1.54) is 4.90 Å². The third-order valence-electron chi connectivity index (χ3n) is 2.43. The Kier molecular flexibility index (Phi) is 5.12. The highest BCUT2D eigenvalue weighted by Crippen LogP contribution is 2.28. The molecule has 3 nitrogen and oxygen atoms in total. The van der Waals surface area contributed by atoms with Crippen molar-refractivity contribution in [1.82, 2.24) is 5.32 Å². The molecular formula is C11H14ClNO2S. The Morgan fingerprint density at radius 3 is 2.62 bits per heavy atom. The lowest BCUT2D eigenvalue weighted by Crippen LogP contribution is -2.29. The van der Waals surface area contributed by atoms with E-state index in [0.29, 0.717) is 11.7 Å². The van der Waals surface area contributed by atoms with Gasteiger partial charge in [-0.2, -0.15) is 0 Å². The van der Waals surface area contributed by atoms with Gasteiger partial charge in [0.25, 0.3) is 0 Å². The monoisotopic (exact) mass is 259 g/mol. The molecule has 1 aliphatic heterocycles. The summed E-state index contributed by atoms with van der Waals surface area (Å²) in [6, 6.07) is 9.72. The van der Waals surface area contributed by atoms with E-state index >= 15 is 0 Å². The fourth-order valence-electron chi connectivity index (χ4n) is 1.67. The molecule has 1 aliphatic rings. The normalized spacial score (nSPS) is 23.8. The maximum absolute atomic E-state index is 10.7. The zero-order valence-corrected chi connectivity index (χ0v) is 10.3. The van der Waals surface area contributed by atoms with E-state index in [1.807, 2.05) is 18.2 Å². The first-order valence-electron chi connectivity index (χ1n) is 4.93. The van der Waals surface area contributed by atoms with E-state index in [0.717, 1.165) is 6.54 Å². The number of halogens is 1. The van der Waals surface area contributed by atoms with Gasteiger partial charge < -0.3 is 10.4 Å². The Morgan fingerprint density at radius 1 is 1.38 bits per heavy atom. The second kappa shape index (κ2) is 6.13. The quantitative estimate of drug-likeness (QED) is 0.872. The van der Waals surface area contributed by atoms with Gasteiger partial charge in [-0.15, -0.1) is 24.2 Å². The second-order valence-corrected chi connectivity index (χ2v) is 4.96. The standard InChI is InChI=1S/C11H13NO2S.ClH/c13-11(14)10-6-9(7-12-10)15-8-4-2-1-3-5-8;/h1-5,9-10,12H,6-7H2,(H,13,14);1H/t9-,10+;/m1./s1. The van der Waals surface area contributed by atoms with Gasteiger partial charge in [-0.3, -0.25) is 4.79 Å². The highest BCUT2D eigenvalue weighted by atomic mass is 35.5. The highest BCUT2D eigenvalue weighted by Gasteiger charge is 2.29. The van der Waals surface area contributed by atoms with Gasteiger partial charge in [-0.05, 0) is 18.6 Å². The van der Waals surface area contributed by atoms with Crippen molar-refractivity contribution < 1.29 is 9.90 Å². The van der Waals surface area contributed by atoms with E-state index in [2.05, 4.69) is 17.4 Å². The van der Waals surface area contributed by atoms with Gasteiger partial charge in [0, 0.05) is 16.7 Å². The second-order valence-electron chi connectivity index (χ2n) is 3.59. The molecular weight excluding hydrogens is 246 g/mol. The first-order valence-corrected chi connectivity index (χ1v) is 5.81. The molecule has 2 N–H and O–H groups in total. The lowest BCUT2D eigenvalue weighted by atomic mass is 10.2. The van der Waals surface area contributed by atoms with Crippen LogP contribution in [0.2, 0.25) is 0 Å². The van der Waals surface area contributed by atoms with Crippen LogP contribution < -0.4 is 5.32 Å². The van der Waals surface area contributed by atoms with E-state index in [4.69, 9.17) is 5.11 Å². The predicted octanol–water partition coefficient (Wildman–Crippen LogP) is 2.02. The average Bonchev–Trinajstić information content (AvgIpc) is 2.68. The summed E-state index contributed by atoms with van der Waals surface area (Å²) in [5.41, 5.74) is 0. The molecule has 0 radical (unpaired) electrons. The van der Waals surface area contributed by atoms with Gasteiger partial charge in [-0.1, -0.05) is 18.2 Å². The van der Waals surface area contributed by atoms with Crippen molar-refractivity contribution in [2.75, 3.05) is 6.54 Å². The van der Waals surface area contributed by atoms with E-state index in [1.54, 1.807) is 11.8 Å². The number of rotatable bonds is 3. The minimum atomic E-state index is -0.744. The molecule has 0 aromatic heterocycles. The topological polar surface area (TPSA) is 49.3 Å². The van der Waals surface area contributed by atoms with Gasteiger partial charge in [0.1, 0.15) is 6.04 Å². The summed E-state index contributed by atoms with van der Waals surface area (Å²) < 4.78 is 0. The Bertz CT molecular complexity index is 347. The third-order valence-corrected chi connectivity index (χ3v) is 3.67. The maximum Gasteiger partial charge on any atom is 0.320 e. The fraction of sp³-hybridized carbons (Fsp3) is 0.364. The van der Waals surface area contributed by atoms with Crippen LogP contribution in [0.5, 0.6) is 0 Å². The molecule has 2 rings (SSSR count). The smallest absolute Gasteiger partial charge is 0.320 e. The SMILES string of the molecule is Cl.O=C(O)[C@@H]1C[C@@H](Sc2ccccc2)CN1. The van der Waals surface area contributed by atoms with Crippen molar-refractivity contribution in [3.8, 4) is 0 Å². The number of nitrogens with one attached hydrogen (secondary N) is 1. The van der Waals surface area contributed by atoms with Crippen molar-refractivity contribution in [1.29, 1.82) is 0 Å². The van der Waals surface area contributed by atoms with Crippen LogP contribution in [0, 0.1) is 0 Å². The molecule has 0 spiro atoms. The number of hydrogen-bond donors (Lipinski definition) is 2. The summed E-state index contributed by atoms with van der Waals surface area (Å²) in [5.74, 6) is -0.744. The molecule has 0 bridgehead atoms. The summed E-state index contributed by atoms with van der Waals surface area (Å²) in [5, 5.41) is 12.2.